The van der Waals surface area contributed by atoms with Crippen molar-refractivity contribution >= 4 is 11.5 Å². The molecule has 0 amide bonds. The van der Waals surface area contributed by atoms with Crippen LogP contribution in [-0.4, -0.2) is 5.78 Å². The lowest BCUT2D eigenvalue weighted by Gasteiger charge is -1.98. The number of nitrogen functional groups attached to an aromatic ring is 1. The van der Waals surface area contributed by atoms with Gasteiger partial charge in [-0.1, -0.05) is 18.7 Å². The molecule has 0 atom stereocenters. The lowest BCUT2D eigenvalue weighted by molar-refractivity contribution is -0.114. The van der Waals surface area contributed by atoms with Crippen molar-refractivity contribution in [2.24, 2.45) is 0 Å². The number of carbonyl (C=O) groups is 1. The Hall–Kier alpha value is -1.57. The van der Waals surface area contributed by atoms with Crippen LogP contribution in [0.5, 0.6) is 0 Å². The van der Waals surface area contributed by atoms with Gasteiger partial charge in [0.05, 0.1) is 0 Å². The monoisotopic (exact) mass is 161 g/mol. The minimum Gasteiger partial charge on any atom is -0.399 e. The number of rotatable bonds is 3. The Labute approximate surface area is 71.7 Å². The number of ketones is 1. The predicted molar refractivity (Wildman–Crippen MR) is 49.8 cm³/mol. The highest BCUT2D eigenvalue weighted by atomic mass is 16.1. The van der Waals surface area contributed by atoms with Gasteiger partial charge in [-0.2, -0.15) is 0 Å². The number of hydrogen-bond acceptors (Lipinski definition) is 2. The van der Waals surface area contributed by atoms with E-state index in [1.54, 1.807) is 12.1 Å². The van der Waals surface area contributed by atoms with Crippen molar-refractivity contribution in [3.05, 3.63) is 42.5 Å². The van der Waals surface area contributed by atoms with Crippen LogP contribution in [0.25, 0.3) is 0 Å². The van der Waals surface area contributed by atoms with Crippen LogP contribution < -0.4 is 5.73 Å². The predicted octanol–water partition coefficient (Wildman–Crippen LogP) is 1.57. The normalized spacial score (nSPS) is 9.33. The van der Waals surface area contributed by atoms with Crippen molar-refractivity contribution in [3.8, 4) is 0 Å². The standard InChI is InChI=1S/C10H11NO/c1-2-10(12)7-8-4-3-5-9(11)6-8/h2-6H,1,7,11H2. The first-order chi connectivity index (χ1) is 5.72. The van der Waals surface area contributed by atoms with E-state index in [0.717, 1.165) is 5.56 Å². The fraction of sp³-hybridized carbons (Fsp3) is 0.100. The average Bonchev–Trinajstić information content (AvgIpc) is 2.04. The third-order valence-corrected chi connectivity index (χ3v) is 1.56. The average molecular weight is 161 g/mol. The minimum absolute atomic E-state index is 0.0144. The Balaban J connectivity index is 2.76. The van der Waals surface area contributed by atoms with Gasteiger partial charge in [0.1, 0.15) is 0 Å². The number of nitrogens with two attached hydrogens (primary N) is 1. The minimum atomic E-state index is 0.0144. The first kappa shape index (κ1) is 8.53. The van der Waals surface area contributed by atoms with Gasteiger partial charge in [-0.3, -0.25) is 4.79 Å². The SMILES string of the molecule is C=CC(=O)Cc1cccc(N)c1. The number of anilines is 1. The molecule has 0 fully saturated rings. The molecule has 2 heteroatoms. The maximum Gasteiger partial charge on any atom is 0.159 e. The van der Waals surface area contributed by atoms with Crippen molar-refractivity contribution in [2.75, 3.05) is 5.73 Å². The molecule has 0 heterocycles. The van der Waals surface area contributed by atoms with Crippen molar-refractivity contribution in [1.82, 2.24) is 0 Å². The second-order valence-corrected chi connectivity index (χ2v) is 2.59. The topological polar surface area (TPSA) is 43.1 Å². The first-order valence-electron chi connectivity index (χ1n) is 3.72. The molecular weight excluding hydrogens is 150 g/mol. The number of hydrogen-bond donors (Lipinski definition) is 1. The van der Waals surface area contributed by atoms with Crippen molar-refractivity contribution < 1.29 is 4.79 Å². The lowest BCUT2D eigenvalue weighted by Crippen LogP contribution is -1.98. The highest BCUT2D eigenvalue weighted by molar-refractivity contribution is 5.90. The van der Waals surface area contributed by atoms with Gasteiger partial charge in [-0.05, 0) is 23.8 Å². The summed E-state index contributed by atoms with van der Waals surface area (Å²) in [6.07, 6.45) is 1.71. The molecule has 2 nitrogen and oxygen atoms in total. The van der Waals surface area contributed by atoms with E-state index in [1.807, 2.05) is 12.1 Å². The van der Waals surface area contributed by atoms with E-state index < -0.39 is 0 Å². The van der Waals surface area contributed by atoms with Crippen LogP contribution in [0.2, 0.25) is 0 Å². The van der Waals surface area contributed by atoms with Gasteiger partial charge in [-0.25, -0.2) is 0 Å². The molecule has 1 aromatic carbocycles. The summed E-state index contributed by atoms with van der Waals surface area (Å²) in [7, 11) is 0. The summed E-state index contributed by atoms with van der Waals surface area (Å²) in [5.41, 5.74) is 7.15. The quantitative estimate of drug-likeness (QED) is 0.540. The van der Waals surface area contributed by atoms with Gasteiger partial charge in [0.2, 0.25) is 0 Å². The van der Waals surface area contributed by atoms with Crippen molar-refractivity contribution in [2.45, 2.75) is 6.42 Å². The highest BCUT2D eigenvalue weighted by Gasteiger charge is 1.98. The van der Waals surface area contributed by atoms with E-state index >= 15 is 0 Å². The molecule has 0 aliphatic heterocycles. The second-order valence-electron chi connectivity index (χ2n) is 2.59. The summed E-state index contributed by atoms with van der Waals surface area (Å²) < 4.78 is 0. The molecule has 0 saturated carbocycles. The molecule has 2 N–H and O–H groups in total. The van der Waals surface area contributed by atoms with Gasteiger partial charge in [0.15, 0.2) is 5.78 Å². The van der Waals surface area contributed by atoms with E-state index in [4.69, 9.17) is 5.73 Å². The van der Waals surface area contributed by atoms with Gasteiger partial charge in [-0.15, -0.1) is 0 Å². The zero-order valence-electron chi connectivity index (χ0n) is 6.79. The molecule has 0 bridgehead atoms. The molecule has 0 unspecified atom stereocenters. The maximum absolute atomic E-state index is 10.9. The molecule has 1 rings (SSSR count). The zero-order chi connectivity index (χ0) is 8.97. The largest absolute Gasteiger partial charge is 0.399 e. The van der Waals surface area contributed by atoms with Crippen LogP contribution in [0.3, 0.4) is 0 Å². The van der Waals surface area contributed by atoms with Gasteiger partial charge < -0.3 is 5.73 Å². The summed E-state index contributed by atoms with van der Waals surface area (Å²) in [5.74, 6) is 0.0144. The fourth-order valence-corrected chi connectivity index (χ4v) is 0.976. The lowest BCUT2D eigenvalue weighted by atomic mass is 10.1. The second kappa shape index (κ2) is 3.72. The van der Waals surface area contributed by atoms with E-state index in [-0.39, 0.29) is 5.78 Å². The van der Waals surface area contributed by atoms with Crippen LogP contribution in [0.1, 0.15) is 5.56 Å². The summed E-state index contributed by atoms with van der Waals surface area (Å²) in [6, 6.07) is 7.29. The summed E-state index contributed by atoms with van der Waals surface area (Å²) in [6.45, 7) is 3.40. The Morgan fingerprint density at radius 3 is 2.92 bits per heavy atom. The summed E-state index contributed by atoms with van der Waals surface area (Å²) >= 11 is 0. The molecule has 1 aromatic rings. The first-order valence-corrected chi connectivity index (χ1v) is 3.72. The van der Waals surface area contributed by atoms with Crippen LogP contribution in [0, 0.1) is 0 Å². The van der Waals surface area contributed by atoms with Gasteiger partial charge >= 0.3 is 0 Å². The van der Waals surface area contributed by atoms with E-state index in [9.17, 15) is 4.79 Å². The molecular formula is C10H11NO. The third-order valence-electron chi connectivity index (χ3n) is 1.56. The maximum atomic E-state index is 10.9. The van der Waals surface area contributed by atoms with Crippen LogP contribution in [0.15, 0.2) is 36.9 Å². The molecule has 0 aliphatic carbocycles. The molecule has 62 valence electrons. The molecule has 0 radical (unpaired) electrons. The van der Waals surface area contributed by atoms with Crippen LogP contribution in [0.4, 0.5) is 5.69 Å². The van der Waals surface area contributed by atoms with Crippen molar-refractivity contribution in [1.29, 1.82) is 0 Å². The van der Waals surface area contributed by atoms with Gasteiger partial charge in [0.25, 0.3) is 0 Å². The highest BCUT2D eigenvalue weighted by Crippen LogP contribution is 2.07. The fourth-order valence-electron chi connectivity index (χ4n) is 0.976. The van der Waals surface area contributed by atoms with Crippen LogP contribution in [-0.2, 0) is 11.2 Å². The Kier molecular flexibility index (Phi) is 2.64. The smallest absolute Gasteiger partial charge is 0.159 e. The molecule has 12 heavy (non-hydrogen) atoms. The van der Waals surface area contributed by atoms with Crippen molar-refractivity contribution in [3.63, 3.8) is 0 Å². The number of allylic oxidation sites excluding steroid dienone is 1. The molecule has 0 saturated heterocycles. The van der Waals surface area contributed by atoms with E-state index in [2.05, 4.69) is 6.58 Å². The third kappa shape index (κ3) is 2.23. The summed E-state index contributed by atoms with van der Waals surface area (Å²) in [5, 5.41) is 0. The summed E-state index contributed by atoms with van der Waals surface area (Å²) in [4.78, 5) is 10.9. The van der Waals surface area contributed by atoms with E-state index in [1.165, 1.54) is 6.08 Å². The number of benzene rings is 1. The molecule has 0 aliphatic rings. The number of carbonyl (C=O) groups excluding carboxylic acids is 1. The Bertz CT molecular complexity index is 304. The Morgan fingerprint density at radius 1 is 1.58 bits per heavy atom. The molecule has 0 spiro atoms. The van der Waals surface area contributed by atoms with Crippen LogP contribution >= 0.6 is 0 Å². The molecule has 0 aromatic heterocycles. The zero-order valence-corrected chi connectivity index (χ0v) is 6.79. The van der Waals surface area contributed by atoms with E-state index in [0.29, 0.717) is 12.1 Å². The van der Waals surface area contributed by atoms with Gasteiger partial charge in [0, 0.05) is 12.1 Å². The Morgan fingerprint density at radius 2 is 2.33 bits per heavy atom.